The summed E-state index contributed by atoms with van der Waals surface area (Å²) in [5.41, 5.74) is -0.0665. The summed E-state index contributed by atoms with van der Waals surface area (Å²) in [7, 11) is 0. The van der Waals surface area contributed by atoms with Crippen molar-refractivity contribution in [3.8, 4) is 0 Å². The Balaban J connectivity index is 0.751. The topological polar surface area (TPSA) is 425 Å². The van der Waals surface area contributed by atoms with Gasteiger partial charge >= 0.3 is 0 Å². The Kier molecular flexibility index (Phi) is 20.1. The molecule has 27 heteroatoms. The van der Waals surface area contributed by atoms with Gasteiger partial charge in [-0.25, -0.2) is 0 Å². The van der Waals surface area contributed by atoms with Crippen LogP contribution in [0.25, 0.3) is 0 Å². The summed E-state index contributed by atoms with van der Waals surface area (Å²) in [6.07, 6.45) is -31.0. The van der Waals surface area contributed by atoms with Crippen LogP contribution in [0.1, 0.15) is 98.8 Å². The summed E-state index contributed by atoms with van der Waals surface area (Å²) in [5.74, 6) is 0.157. The van der Waals surface area contributed by atoms with Gasteiger partial charge in [-0.15, -0.1) is 0 Å². The summed E-state index contributed by atoms with van der Waals surface area (Å²) >= 11 is 0. The highest BCUT2D eigenvalue weighted by atomic mass is 16.8. The minimum absolute atomic E-state index is 0.0179. The van der Waals surface area contributed by atoms with E-state index in [1.165, 1.54) is 6.92 Å². The quantitative estimate of drug-likeness (QED) is 0.0611. The van der Waals surface area contributed by atoms with Crippen molar-refractivity contribution in [1.29, 1.82) is 0 Å². The average molecular weight is 1200 g/mol. The third kappa shape index (κ3) is 12.0. The Morgan fingerprint density at radius 2 is 1.11 bits per heavy atom. The summed E-state index contributed by atoms with van der Waals surface area (Å²) in [6.45, 7) is 7.81. The molecule has 83 heavy (non-hydrogen) atoms. The SMILES string of the molecule is CC(CCC1(O)OC2CC3C4CCC5CC(OC6OC(CO)C(O)C(OC7OCC(O)C(O)C7OC7OC(C)C(O)C(O)C7OC7OC(CO)C(O)C(O)C7O)C6O)CCC5(C)C4CCC3(C)C2C1C)COC1OC(CO)C(O)C(O)C1O. The van der Waals surface area contributed by atoms with Crippen LogP contribution in [-0.2, 0) is 52.1 Å². The van der Waals surface area contributed by atoms with Crippen molar-refractivity contribution in [3.05, 3.63) is 0 Å². The molecule has 0 aromatic heterocycles. The number of hydrogen-bond acceptors (Lipinski definition) is 27. The van der Waals surface area contributed by atoms with Crippen LogP contribution in [0, 0.1) is 52.3 Å². The van der Waals surface area contributed by atoms with Crippen LogP contribution in [0.3, 0.4) is 0 Å². The molecule has 480 valence electrons. The van der Waals surface area contributed by atoms with Gasteiger partial charge in [-0.1, -0.05) is 27.7 Å². The molecule has 10 fully saturated rings. The molecule has 4 aliphatic carbocycles. The van der Waals surface area contributed by atoms with E-state index in [-0.39, 0.29) is 53.3 Å². The molecule has 27 nitrogen and oxygen atoms in total. The third-order valence-corrected chi connectivity index (χ3v) is 21.8. The molecule has 16 N–H and O–H groups in total. The lowest BCUT2D eigenvalue weighted by atomic mass is 9.44. The van der Waals surface area contributed by atoms with E-state index in [9.17, 15) is 81.7 Å². The van der Waals surface area contributed by atoms with Gasteiger partial charge in [0.2, 0.25) is 0 Å². The molecule has 0 radical (unpaired) electrons. The van der Waals surface area contributed by atoms with E-state index in [1.54, 1.807) is 0 Å². The summed E-state index contributed by atoms with van der Waals surface area (Å²) in [4.78, 5) is 0. The zero-order chi connectivity index (χ0) is 59.9. The Bertz CT molecular complexity index is 2120. The zero-order valence-corrected chi connectivity index (χ0v) is 47.8. The van der Waals surface area contributed by atoms with Crippen molar-refractivity contribution < 1.29 is 134 Å². The van der Waals surface area contributed by atoms with Crippen LogP contribution >= 0.6 is 0 Å². The zero-order valence-electron chi connectivity index (χ0n) is 47.8. The van der Waals surface area contributed by atoms with Gasteiger partial charge in [0.25, 0.3) is 0 Å². The van der Waals surface area contributed by atoms with Gasteiger partial charge in [0, 0.05) is 12.3 Å². The van der Waals surface area contributed by atoms with Crippen molar-refractivity contribution >= 4 is 0 Å². The molecule has 0 aromatic carbocycles. The van der Waals surface area contributed by atoms with Gasteiger partial charge < -0.3 is 134 Å². The predicted molar refractivity (Wildman–Crippen MR) is 277 cm³/mol. The Labute approximate surface area is 482 Å². The molecule has 0 amide bonds. The fraction of sp³-hybridized carbons (Fsp3) is 1.00. The highest BCUT2D eigenvalue weighted by molar-refractivity contribution is 5.15. The van der Waals surface area contributed by atoms with Crippen molar-refractivity contribution in [2.24, 2.45) is 52.3 Å². The first-order valence-corrected chi connectivity index (χ1v) is 30.1. The van der Waals surface area contributed by atoms with E-state index in [0.29, 0.717) is 43.4 Å². The molecule has 0 spiro atoms. The van der Waals surface area contributed by atoms with Crippen LogP contribution in [0.4, 0.5) is 0 Å². The highest BCUT2D eigenvalue weighted by Gasteiger charge is 2.69. The first kappa shape index (κ1) is 64.9. The minimum atomic E-state index is -1.94. The van der Waals surface area contributed by atoms with Gasteiger partial charge in [-0.2, -0.15) is 0 Å². The van der Waals surface area contributed by atoms with Crippen LogP contribution in [0.15, 0.2) is 0 Å². The largest absolute Gasteiger partial charge is 0.394 e. The Morgan fingerprint density at radius 1 is 0.530 bits per heavy atom. The number of hydrogen-bond donors (Lipinski definition) is 16. The monoisotopic (exact) mass is 1200 g/mol. The highest BCUT2D eigenvalue weighted by Crippen LogP contribution is 2.71. The standard InChI is InChI=1S/C56H94O27/c1-21(19-73-49-43(69)40(66)37(63)31(16-57)77-49)8-13-56(72)22(2)34-30(83-56)15-28-26-7-6-24-14-25(9-11-54(24,4)27(26)10-12-55(28,34)5)76-51-45(71)46(39(65)33(18-59)79-51)80-52-47(36(62)29(60)20-74-52)82-53-48(42(68)35(61)23(3)75-53)81-50-44(70)41(67)38(64)32(17-58)78-50/h21-53,57-72H,6-20H2,1-5H3. The molecular weight excluding hydrogens is 1100 g/mol. The molecule has 10 rings (SSSR count). The molecule has 36 atom stereocenters. The van der Waals surface area contributed by atoms with Gasteiger partial charge in [0.1, 0.15) is 110 Å². The van der Waals surface area contributed by atoms with Crippen molar-refractivity contribution in [2.75, 3.05) is 33.0 Å². The molecule has 36 unspecified atom stereocenters. The van der Waals surface area contributed by atoms with E-state index < -0.39 is 180 Å². The second-order valence-corrected chi connectivity index (χ2v) is 26.6. The van der Waals surface area contributed by atoms with Gasteiger partial charge in [-0.05, 0) is 111 Å². The first-order valence-electron chi connectivity index (χ1n) is 30.1. The van der Waals surface area contributed by atoms with Gasteiger partial charge in [0.15, 0.2) is 37.2 Å². The van der Waals surface area contributed by atoms with Crippen LogP contribution < -0.4 is 0 Å². The van der Waals surface area contributed by atoms with Crippen molar-refractivity contribution in [2.45, 2.75) is 264 Å². The van der Waals surface area contributed by atoms with Crippen molar-refractivity contribution in [1.82, 2.24) is 0 Å². The van der Waals surface area contributed by atoms with Gasteiger partial charge in [-0.3, -0.25) is 0 Å². The predicted octanol–water partition coefficient (Wildman–Crippen LogP) is -4.46. The summed E-state index contributed by atoms with van der Waals surface area (Å²) in [5, 5.41) is 172. The van der Waals surface area contributed by atoms with E-state index >= 15 is 0 Å². The number of ether oxygens (including phenoxy) is 11. The molecule has 6 saturated heterocycles. The summed E-state index contributed by atoms with van der Waals surface area (Å²) < 4.78 is 65.9. The second kappa shape index (κ2) is 25.7. The minimum Gasteiger partial charge on any atom is -0.394 e. The lowest BCUT2D eigenvalue weighted by Crippen LogP contribution is -2.66. The maximum Gasteiger partial charge on any atom is 0.187 e. The first-order chi connectivity index (χ1) is 39.3. The number of aliphatic hydroxyl groups excluding tert-OH is 15. The fourth-order valence-electron chi connectivity index (χ4n) is 16.8. The molecule has 10 aliphatic rings. The smallest absolute Gasteiger partial charge is 0.187 e. The van der Waals surface area contributed by atoms with Crippen LogP contribution in [0.5, 0.6) is 0 Å². The lowest BCUT2D eigenvalue weighted by Gasteiger charge is -2.61. The average Bonchev–Trinajstić information content (AvgIpc) is 1.92. The molecule has 0 aromatic rings. The molecule has 0 bridgehead atoms. The maximum atomic E-state index is 12.2. The van der Waals surface area contributed by atoms with E-state index in [1.807, 2.05) is 6.92 Å². The Morgan fingerprint density at radius 3 is 1.77 bits per heavy atom. The fourth-order valence-corrected chi connectivity index (χ4v) is 16.8. The number of fused-ring (bicyclic) bond motifs is 7. The number of aliphatic hydroxyl groups is 16. The van der Waals surface area contributed by atoms with E-state index in [2.05, 4.69) is 20.8 Å². The van der Waals surface area contributed by atoms with Crippen LogP contribution in [-0.4, -0.2) is 280 Å². The molecular formula is C56H94O27. The third-order valence-electron chi connectivity index (χ3n) is 21.8. The molecule has 6 aliphatic heterocycles. The Hall–Kier alpha value is -1.08. The number of rotatable bonds is 17. The van der Waals surface area contributed by atoms with Gasteiger partial charge in [0.05, 0.1) is 51.3 Å². The maximum absolute atomic E-state index is 12.2. The molecule has 4 saturated carbocycles. The van der Waals surface area contributed by atoms with Crippen molar-refractivity contribution in [3.63, 3.8) is 0 Å². The second-order valence-electron chi connectivity index (χ2n) is 26.6. The lowest BCUT2D eigenvalue weighted by molar-refractivity contribution is -0.396. The van der Waals surface area contributed by atoms with E-state index in [0.717, 1.165) is 38.5 Å². The summed E-state index contributed by atoms with van der Waals surface area (Å²) in [6, 6.07) is 0. The van der Waals surface area contributed by atoms with E-state index in [4.69, 9.17) is 52.1 Å². The normalized spacial score (nSPS) is 55.9. The van der Waals surface area contributed by atoms with Crippen LogP contribution in [0.2, 0.25) is 0 Å². The molecule has 6 heterocycles.